The van der Waals surface area contributed by atoms with Gasteiger partial charge in [-0.25, -0.2) is 14.2 Å². The van der Waals surface area contributed by atoms with Gasteiger partial charge in [-0.1, -0.05) is 54.6 Å². The summed E-state index contributed by atoms with van der Waals surface area (Å²) in [6.07, 6.45) is 3.46. The number of rotatable bonds is 7. The van der Waals surface area contributed by atoms with E-state index >= 15 is 0 Å². The van der Waals surface area contributed by atoms with E-state index in [4.69, 9.17) is 0 Å². The van der Waals surface area contributed by atoms with Crippen molar-refractivity contribution in [2.24, 2.45) is 5.41 Å². The average molecular weight is 476 g/mol. The van der Waals surface area contributed by atoms with Crippen LogP contribution in [-0.4, -0.2) is 30.4 Å². The van der Waals surface area contributed by atoms with Crippen LogP contribution in [0.4, 0.5) is 8.78 Å². The zero-order valence-electron chi connectivity index (χ0n) is 19.7. The van der Waals surface area contributed by atoms with Crippen LogP contribution in [-0.2, 0) is 4.79 Å². The highest BCUT2D eigenvalue weighted by Gasteiger charge is 2.52. The van der Waals surface area contributed by atoms with Crippen LogP contribution in [0.3, 0.4) is 0 Å². The van der Waals surface area contributed by atoms with Crippen molar-refractivity contribution in [2.45, 2.75) is 37.6 Å². The van der Waals surface area contributed by atoms with E-state index in [1.807, 2.05) is 42.5 Å². The number of carbonyl (C=O) groups excluding carboxylic acids is 1. The first-order valence-corrected chi connectivity index (χ1v) is 12.4. The fraction of sp³-hybridized carbons (Fsp3) is 0.345. The fourth-order valence-corrected chi connectivity index (χ4v) is 5.71. The molecule has 1 atom stereocenters. The molecule has 4 nitrogen and oxygen atoms in total. The Morgan fingerprint density at radius 2 is 1.43 bits per heavy atom. The molecule has 2 fully saturated rings. The van der Waals surface area contributed by atoms with E-state index in [9.17, 15) is 13.6 Å². The normalized spacial score (nSPS) is 19.9. The highest BCUT2D eigenvalue weighted by molar-refractivity contribution is 5.85. The minimum Gasteiger partial charge on any atom is -0.303 e. The lowest BCUT2D eigenvalue weighted by Crippen LogP contribution is -2.46. The van der Waals surface area contributed by atoms with Crippen LogP contribution in [0.25, 0.3) is 0 Å². The van der Waals surface area contributed by atoms with Crippen LogP contribution >= 0.6 is 0 Å². The molecule has 1 spiro atoms. The van der Waals surface area contributed by atoms with Crippen LogP contribution < -0.4 is 10.9 Å². The van der Waals surface area contributed by atoms with Gasteiger partial charge in [-0.2, -0.15) is 0 Å². The maximum Gasteiger partial charge on any atom is 0.242 e. The fourth-order valence-electron chi connectivity index (χ4n) is 5.71. The molecule has 1 amide bonds. The number of nitrogens with one attached hydrogen (secondary N) is 2. The van der Waals surface area contributed by atoms with Crippen LogP contribution in [0, 0.1) is 17.0 Å². The van der Waals surface area contributed by atoms with Crippen molar-refractivity contribution in [3.05, 3.63) is 107 Å². The minimum atomic E-state index is -0.414. The topological polar surface area (TPSA) is 44.4 Å². The molecule has 1 unspecified atom stereocenters. The Morgan fingerprint density at radius 3 is 2.00 bits per heavy atom. The molecule has 2 heterocycles. The summed E-state index contributed by atoms with van der Waals surface area (Å²) in [7, 11) is 0. The molecule has 0 aliphatic carbocycles. The first-order valence-electron chi connectivity index (χ1n) is 12.4. The molecule has 3 aromatic carbocycles. The van der Waals surface area contributed by atoms with Crippen LogP contribution in [0.5, 0.6) is 0 Å². The summed E-state index contributed by atoms with van der Waals surface area (Å²) in [6.45, 7) is 2.67. The van der Waals surface area contributed by atoms with E-state index in [0.717, 1.165) is 62.0 Å². The van der Waals surface area contributed by atoms with Crippen molar-refractivity contribution < 1.29 is 13.6 Å². The highest BCUT2D eigenvalue weighted by Crippen LogP contribution is 2.45. The lowest BCUT2D eigenvalue weighted by Gasteiger charge is -2.40. The second-order valence-electron chi connectivity index (χ2n) is 9.74. The first kappa shape index (κ1) is 23.6. The summed E-state index contributed by atoms with van der Waals surface area (Å²) in [5.41, 5.74) is 8.91. The molecule has 2 saturated heterocycles. The van der Waals surface area contributed by atoms with Crippen LogP contribution in [0.1, 0.15) is 54.3 Å². The van der Waals surface area contributed by atoms with E-state index < -0.39 is 5.41 Å². The van der Waals surface area contributed by atoms with E-state index in [2.05, 4.69) is 27.9 Å². The van der Waals surface area contributed by atoms with E-state index in [-0.39, 0.29) is 29.5 Å². The Kier molecular flexibility index (Phi) is 6.93. The van der Waals surface area contributed by atoms with E-state index in [1.165, 1.54) is 24.3 Å². The third-order valence-electron chi connectivity index (χ3n) is 7.73. The maximum absolute atomic E-state index is 13.5. The summed E-state index contributed by atoms with van der Waals surface area (Å²) in [5, 5.41) is 0. The highest BCUT2D eigenvalue weighted by atomic mass is 19.1. The zero-order valence-corrected chi connectivity index (χ0v) is 19.7. The van der Waals surface area contributed by atoms with Gasteiger partial charge in [0.15, 0.2) is 0 Å². The summed E-state index contributed by atoms with van der Waals surface area (Å²) in [4.78, 5) is 15.3. The molecular formula is C29H31F2N3O. The third-order valence-corrected chi connectivity index (χ3v) is 7.73. The smallest absolute Gasteiger partial charge is 0.242 e. The molecule has 3 aromatic rings. The van der Waals surface area contributed by atoms with Crippen molar-refractivity contribution in [1.29, 1.82) is 0 Å². The number of piperidine rings is 1. The molecule has 0 aromatic heterocycles. The van der Waals surface area contributed by atoms with Crippen molar-refractivity contribution >= 4 is 5.91 Å². The predicted octanol–water partition coefficient (Wildman–Crippen LogP) is 5.33. The van der Waals surface area contributed by atoms with Gasteiger partial charge in [0.05, 0.1) is 11.5 Å². The van der Waals surface area contributed by atoms with Crippen LogP contribution in [0.15, 0.2) is 78.9 Å². The Labute approximate surface area is 205 Å². The summed E-state index contributed by atoms with van der Waals surface area (Å²) in [6, 6.07) is 23.4. The number of amides is 1. The Morgan fingerprint density at radius 1 is 0.857 bits per heavy atom. The lowest BCUT2D eigenvalue weighted by molar-refractivity contribution is -0.130. The molecule has 182 valence electrons. The largest absolute Gasteiger partial charge is 0.303 e. The van der Waals surface area contributed by atoms with Crippen molar-refractivity contribution in [3.8, 4) is 0 Å². The molecule has 0 bridgehead atoms. The lowest BCUT2D eigenvalue weighted by atomic mass is 9.70. The number of carbonyl (C=O) groups is 1. The number of nitrogens with zero attached hydrogens (tertiary/aromatic N) is 1. The van der Waals surface area contributed by atoms with Crippen molar-refractivity contribution in [2.75, 3.05) is 19.6 Å². The van der Waals surface area contributed by atoms with Crippen LogP contribution in [0.2, 0.25) is 0 Å². The monoisotopic (exact) mass is 475 g/mol. The minimum absolute atomic E-state index is 0.0142. The van der Waals surface area contributed by atoms with Gasteiger partial charge < -0.3 is 4.90 Å². The van der Waals surface area contributed by atoms with Gasteiger partial charge >= 0.3 is 0 Å². The molecule has 2 aliphatic rings. The Hall–Kier alpha value is -3.09. The third kappa shape index (κ3) is 5.00. The first-order chi connectivity index (χ1) is 17.0. The number of hydrogen-bond donors (Lipinski definition) is 2. The zero-order chi connectivity index (χ0) is 24.3. The quantitative estimate of drug-likeness (QED) is 0.485. The Balaban J connectivity index is 1.22. The second kappa shape index (κ2) is 10.3. The number of benzene rings is 3. The van der Waals surface area contributed by atoms with Gasteiger partial charge in [0.2, 0.25) is 5.91 Å². The van der Waals surface area contributed by atoms with Crippen molar-refractivity contribution in [3.63, 3.8) is 0 Å². The van der Waals surface area contributed by atoms with Gasteiger partial charge in [-0.15, -0.1) is 0 Å². The average Bonchev–Trinajstić information content (AvgIpc) is 3.20. The molecule has 6 heteroatoms. The summed E-state index contributed by atoms with van der Waals surface area (Å²) in [5.74, 6) is -0.334. The van der Waals surface area contributed by atoms with Gasteiger partial charge in [-0.3, -0.25) is 10.2 Å². The molecule has 0 radical (unpaired) electrons. The Bertz CT molecular complexity index is 1080. The number of halogens is 2. The molecule has 2 N–H and O–H groups in total. The standard InChI is InChI=1S/C29H31F2N3O/c30-24-12-8-21(9-13-24)26(22-10-14-25(31)15-11-22)7-4-18-34-19-16-29(17-20-34)27(32-33-28(29)35)23-5-2-1-3-6-23/h1-3,5-6,8-15,26-27,32H,4,7,16-20H2,(H,33,35). The van der Waals surface area contributed by atoms with E-state index in [1.54, 1.807) is 0 Å². The summed E-state index contributed by atoms with van der Waals surface area (Å²) >= 11 is 0. The number of hydrazine groups is 1. The van der Waals surface area contributed by atoms with Gasteiger partial charge in [0.25, 0.3) is 0 Å². The number of hydrogen-bond acceptors (Lipinski definition) is 3. The molecule has 35 heavy (non-hydrogen) atoms. The molecule has 0 saturated carbocycles. The second-order valence-corrected chi connectivity index (χ2v) is 9.74. The van der Waals surface area contributed by atoms with Crippen molar-refractivity contribution in [1.82, 2.24) is 15.8 Å². The molecular weight excluding hydrogens is 444 g/mol. The van der Waals surface area contributed by atoms with Gasteiger partial charge in [0, 0.05) is 5.92 Å². The van der Waals surface area contributed by atoms with Gasteiger partial charge in [-0.05, 0) is 86.3 Å². The van der Waals surface area contributed by atoms with Gasteiger partial charge in [0.1, 0.15) is 11.6 Å². The van der Waals surface area contributed by atoms with E-state index in [0.29, 0.717) is 0 Å². The number of likely N-dealkylation sites (tertiary alicyclic amines) is 1. The summed E-state index contributed by atoms with van der Waals surface area (Å²) < 4.78 is 27.0. The predicted molar refractivity (Wildman–Crippen MR) is 132 cm³/mol. The molecule has 5 rings (SSSR count). The SMILES string of the molecule is O=C1NNC(c2ccccc2)C12CCN(CCCC(c1ccc(F)cc1)c1ccc(F)cc1)CC2. The maximum atomic E-state index is 13.5. The molecule has 2 aliphatic heterocycles.